The van der Waals surface area contributed by atoms with Crippen molar-refractivity contribution in [1.29, 1.82) is 0 Å². The Morgan fingerprint density at radius 2 is 2.08 bits per heavy atom. The van der Waals surface area contributed by atoms with Crippen molar-refractivity contribution in [2.45, 2.75) is 52.1 Å². The Morgan fingerprint density at radius 3 is 2.96 bits per heavy atom. The molecule has 1 unspecified atom stereocenters. The van der Waals surface area contributed by atoms with Crippen LogP contribution in [0.2, 0.25) is 0 Å². The summed E-state index contributed by atoms with van der Waals surface area (Å²) < 4.78 is 2.14. The number of nitrogens with zero attached hydrogens (tertiary/aromatic N) is 4. The van der Waals surface area contributed by atoms with Gasteiger partial charge in [0.25, 0.3) is 5.91 Å². The number of para-hydroxylation sites is 1. The number of carbonyl (C=O) groups is 1. The van der Waals surface area contributed by atoms with Gasteiger partial charge in [-0.25, -0.2) is 0 Å². The van der Waals surface area contributed by atoms with Gasteiger partial charge in [-0.05, 0) is 51.2 Å². The molecule has 2 aromatic heterocycles. The molecule has 1 aromatic carbocycles. The van der Waals surface area contributed by atoms with Crippen molar-refractivity contribution in [2.75, 3.05) is 6.54 Å². The first kappa shape index (κ1) is 15.6. The summed E-state index contributed by atoms with van der Waals surface area (Å²) in [6.07, 6.45) is 4.65. The second-order valence-corrected chi connectivity index (χ2v) is 7.59. The number of aromatic amines is 1. The van der Waals surface area contributed by atoms with Crippen molar-refractivity contribution in [3.63, 3.8) is 0 Å². The van der Waals surface area contributed by atoms with Crippen LogP contribution in [0.15, 0.2) is 18.2 Å². The van der Waals surface area contributed by atoms with Gasteiger partial charge in [0.2, 0.25) is 0 Å². The molecule has 1 N–H and O–H groups in total. The predicted molar refractivity (Wildman–Crippen MR) is 99.2 cm³/mol. The van der Waals surface area contributed by atoms with Gasteiger partial charge in [0, 0.05) is 17.6 Å². The number of fused-ring (bicyclic) bond motifs is 4. The number of H-pyrrole nitrogens is 1. The van der Waals surface area contributed by atoms with Gasteiger partial charge in [-0.15, -0.1) is 10.2 Å². The SMILES string of the molecule is Cc1nnc2n1C(C)CN(C(=O)c1cccc3c4c([nH]c13)CCCC4)C2. The topological polar surface area (TPSA) is 66.8 Å². The van der Waals surface area contributed by atoms with Crippen molar-refractivity contribution in [1.82, 2.24) is 24.6 Å². The number of aryl methyl sites for hydroxylation is 3. The van der Waals surface area contributed by atoms with Crippen molar-refractivity contribution in [2.24, 2.45) is 0 Å². The number of carbonyl (C=O) groups excluding carboxylic acids is 1. The summed E-state index contributed by atoms with van der Waals surface area (Å²) in [4.78, 5) is 18.8. The van der Waals surface area contributed by atoms with Crippen molar-refractivity contribution >= 4 is 16.8 Å². The van der Waals surface area contributed by atoms with E-state index in [4.69, 9.17) is 0 Å². The average molecular weight is 349 g/mol. The molecule has 1 aliphatic carbocycles. The zero-order chi connectivity index (χ0) is 17.8. The molecule has 6 heteroatoms. The number of nitrogens with one attached hydrogen (secondary N) is 1. The lowest BCUT2D eigenvalue weighted by Crippen LogP contribution is -2.40. The fourth-order valence-electron chi connectivity index (χ4n) is 4.66. The fourth-order valence-corrected chi connectivity index (χ4v) is 4.66. The minimum Gasteiger partial charge on any atom is -0.358 e. The maximum atomic E-state index is 13.3. The van der Waals surface area contributed by atoms with E-state index in [0.717, 1.165) is 35.6 Å². The highest BCUT2D eigenvalue weighted by molar-refractivity contribution is 6.06. The maximum Gasteiger partial charge on any atom is 0.256 e. The standard InChI is InChI=1S/C20H23N5O/c1-12-10-24(11-18-23-22-13(2)25(12)18)20(26)16-8-5-7-15-14-6-3-4-9-17(14)21-19(15)16/h5,7-8,12,21H,3-4,6,9-11H2,1-2H3. The van der Waals surface area contributed by atoms with Crippen LogP contribution in [0.25, 0.3) is 10.9 Å². The first-order valence-corrected chi connectivity index (χ1v) is 9.45. The molecule has 0 radical (unpaired) electrons. The molecule has 0 saturated carbocycles. The van der Waals surface area contributed by atoms with Crippen LogP contribution < -0.4 is 0 Å². The molecule has 0 bridgehead atoms. The molecular formula is C20H23N5O. The Kier molecular flexibility index (Phi) is 3.42. The quantitative estimate of drug-likeness (QED) is 0.734. The van der Waals surface area contributed by atoms with Gasteiger partial charge in [0.05, 0.1) is 23.7 Å². The van der Waals surface area contributed by atoms with E-state index in [1.54, 1.807) is 0 Å². The molecule has 2 aliphatic rings. The summed E-state index contributed by atoms with van der Waals surface area (Å²) in [5.74, 6) is 1.86. The summed E-state index contributed by atoms with van der Waals surface area (Å²) in [5.41, 5.74) is 4.49. The van der Waals surface area contributed by atoms with Gasteiger partial charge in [-0.3, -0.25) is 4.79 Å². The lowest BCUT2D eigenvalue weighted by molar-refractivity contribution is 0.0682. The van der Waals surface area contributed by atoms with Gasteiger partial charge in [-0.1, -0.05) is 12.1 Å². The predicted octanol–water partition coefficient (Wildman–Crippen LogP) is 3.16. The molecule has 3 heterocycles. The fraction of sp³-hybridized carbons (Fsp3) is 0.450. The molecule has 5 rings (SSSR count). The van der Waals surface area contributed by atoms with E-state index in [2.05, 4.69) is 32.7 Å². The first-order chi connectivity index (χ1) is 12.6. The summed E-state index contributed by atoms with van der Waals surface area (Å²) in [6.45, 7) is 5.28. The van der Waals surface area contributed by atoms with E-state index in [-0.39, 0.29) is 11.9 Å². The summed E-state index contributed by atoms with van der Waals surface area (Å²) in [7, 11) is 0. The monoisotopic (exact) mass is 349 g/mol. The Balaban J connectivity index is 1.54. The van der Waals surface area contributed by atoms with Gasteiger partial charge < -0.3 is 14.5 Å². The average Bonchev–Trinajstić information content (AvgIpc) is 3.22. The van der Waals surface area contributed by atoms with E-state index in [1.165, 1.54) is 29.5 Å². The number of hydrogen-bond donors (Lipinski definition) is 1. The van der Waals surface area contributed by atoms with Crippen LogP contribution in [0.5, 0.6) is 0 Å². The van der Waals surface area contributed by atoms with Crippen molar-refractivity contribution in [3.05, 3.63) is 46.7 Å². The molecule has 0 fully saturated rings. The van der Waals surface area contributed by atoms with E-state index < -0.39 is 0 Å². The number of amides is 1. The van der Waals surface area contributed by atoms with Crippen LogP contribution in [0, 0.1) is 6.92 Å². The molecular weight excluding hydrogens is 326 g/mol. The number of hydrogen-bond acceptors (Lipinski definition) is 3. The zero-order valence-corrected chi connectivity index (χ0v) is 15.2. The largest absolute Gasteiger partial charge is 0.358 e. The molecule has 134 valence electrons. The van der Waals surface area contributed by atoms with Crippen LogP contribution in [-0.4, -0.2) is 37.1 Å². The summed E-state index contributed by atoms with van der Waals surface area (Å²) >= 11 is 0. The maximum absolute atomic E-state index is 13.3. The number of rotatable bonds is 1. The third-order valence-electron chi connectivity index (χ3n) is 5.85. The molecule has 0 spiro atoms. The Hall–Kier alpha value is -2.63. The lowest BCUT2D eigenvalue weighted by Gasteiger charge is -2.32. The Morgan fingerprint density at radius 1 is 1.23 bits per heavy atom. The smallest absolute Gasteiger partial charge is 0.256 e. The van der Waals surface area contributed by atoms with Crippen LogP contribution in [0.1, 0.15) is 59.1 Å². The van der Waals surface area contributed by atoms with E-state index in [1.807, 2.05) is 24.0 Å². The normalized spacial score (nSPS) is 19.5. The molecule has 3 aromatic rings. The van der Waals surface area contributed by atoms with Gasteiger partial charge in [0.1, 0.15) is 5.82 Å². The molecule has 26 heavy (non-hydrogen) atoms. The minimum absolute atomic E-state index is 0.0768. The second-order valence-electron chi connectivity index (χ2n) is 7.59. The van der Waals surface area contributed by atoms with Crippen molar-refractivity contribution < 1.29 is 4.79 Å². The van der Waals surface area contributed by atoms with E-state index in [0.29, 0.717) is 13.1 Å². The van der Waals surface area contributed by atoms with E-state index >= 15 is 0 Å². The number of aromatic nitrogens is 4. The van der Waals surface area contributed by atoms with Crippen LogP contribution in [-0.2, 0) is 19.4 Å². The summed E-state index contributed by atoms with van der Waals surface area (Å²) in [5, 5.41) is 9.65. The third-order valence-corrected chi connectivity index (χ3v) is 5.85. The molecule has 1 atom stereocenters. The van der Waals surface area contributed by atoms with Crippen molar-refractivity contribution in [3.8, 4) is 0 Å². The highest BCUT2D eigenvalue weighted by Gasteiger charge is 2.30. The summed E-state index contributed by atoms with van der Waals surface area (Å²) in [6, 6.07) is 6.29. The number of benzene rings is 1. The highest BCUT2D eigenvalue weighted by Crippen LogP contribution is 2.32. The van der Waals surface area contributed by atoms with Gasteiger partial charge >= 0.3 is 0 Å². The van der Waals surface area contributed by atoms with Crippen LogP contribution in [0.3, 0.4) is 0 Å². The third kappa shape index (κ3) is 2.21. The highest BCUT2D eigenvalue weighted by atomic mass is 16.2. The molecule has 1 amide bonds. The Bertz CT molecular complexity index is 1010. The van der Waals surface area contributed by atoms with Gasteiger partial charge in [-0.2, -0.15) is 0 Å². The van der Waals surface area contributed by atoms with Gasteiger partial charge in [0.15, 0.2) is 5.82 Å². The first-order valence-electron chi connectivity index (χ1n) is 9.45. The molecule has 6 nitrogen and oxygen atoms in total. The molecule has 1 aliphatic heterocycles. The minimum atomic E-state index is 0.0768. The van der Waals surface area contributed by atoms with Crippen LogP contribution >= 0.6 is 0 Å². The van der Waals surface area contributed by atoms with E-state index in [9.17, 15) is 4.79 Å². The Labute approximate surface area is 152 Å². The molecule has 0 saturated heterocycles. The zero-order valence-electron chi connectivity index (χ0n) is 15.2. The second kappa shape index (κ2) is 5.69. The lowest BCUT2D eigenvalue weighted by atomic mass is 9.95. The van der Waals surface area contributed by atoms with Crippen LogP contribution in [0.4, 0.5) is 0 Å².